The van der Waals surface area contributed by atoms with E-state index in [9.17, 15) is 10.1 Å². The zero-order chi connectivity index (χ0) is 20.7. The van der Waals surface area contributed by atoms with Crippen molar-refractivity contribution in [2.75, 3.05) is 12.3 Å². The number of pyridine rings is 1. The van der Waals surface area contributed by atoms with Gasteiger partial charge in [0, 0.05) is 13.1 Å². The third kappa shape index (κ3) is 3.12. The first-order valence-corrected chi connectivity index (χ1v) is 10.9. The van der Waals surface area contributed by atoms with Gasteiger partial charge < -0.3 is 4.90 Å². The normalized spacial score (nSPS) is 13.4. The minimum absolute atomic E-state index is 0.133. The van der Waals surface area contributed by atoms with Crippen LogP contribution in [0.5, 0.6) is 0 Å². The second kappa shape index (κ2) is 7.51. The van der Waals surface area contributed by atoms with Crippen LogP contribution in [0.15, 0.2) is 59.6 Å². The molecule has 0 radical (unpaired) electrons. The summed E-state index contributed by atoms with van der Waals surface area (Å²) in [6.45, 7) is 3.35. The van der Waals surface area contributed by atoms with Crippen LogP contribution in [-0.4, -0.2) is 32.5 Å². The SMILES string of the molecule is Cc1cc(SCC(=O)N2CCc3ccccc3C2)n2c(nc3ccccc32)c1C#N. The van der Waals surface area contributed by atoms with E-state index in [4.69, 9.17) is 0 Å². The fourth-order valence-corrected chi connectivity index (χ4v) is 5.12. The van der Waals surface area contributed by atoms with Gasteiger partial charge in [-0.2, -0.15) is 5.26 Å². The Morgan fingerprint density at radius 1 is 1.17 bits per heavy atom. The minimum atomic E-state index is 0.133. The Balaban J connectivity index is 1.45. The van der Waals surface area contributed by atoms with Crippen LogP contribution in [0, 0.1) is 18.3 Å². The van der Waals surface area contributed by atoms with Gasteiger partial charge in [0.15, 0.2) is 5.65 Å². The van der Waals surface area contributed by atoms with Gasteiger partial charge in [0.1, 0.15) is 6.07 Å². The summed E-state index contributed by atoms with van der Waals surface area (Å²) in [6.07, 6.45) is 0.902. The average Bonchev–Trinajstić information content (AvgIpc) is 3.16. The summed E-state index contributed by atoms with van der Waals surface area (Å²) in [5, 5.41) is 10.6. The molecule has 0 atom stereocenters. The van der Waals surface area contributed by atoms with Gasteiger partial charge in [-0.05, 0) is 48.2 Å². The van der Waals surface area contributed by atoms with Gasteiger partial charge >= 0.3 is 0 Å². The molecule has 1 aliphatic rings. The van der Waals surface area contributed by atoms with Crippen molar-refractivity contribution < 1.29 is 4.79 Å². The fraction of sp³-hybridized carbons (Fsp3) is 0.208. The van der Waals surface area contributed by atoms with Crippen molar-refractivity contribution in [1.29, 1.82) is 5.26 Å². The maximum atomic E-state index is 13.0. The molecule has 1 amide bonds. The van der Waals surface area contributed by atoms with Gasteiger partial charge in [-0.3, -0.25) is 9.20 Å². The van der Waals surface area contributed by atoms with Crippen LogP contribution in [0.2, 0.25) is 0 Å². The lowest BCUT2D eigenvalue weighted by molar-refractivity contribution is -0.129. The number of hydrogen-bond acceptors (Lipinski definition) is 4. The van der Waals surface area contributed by atoms with Crippen LogP contribution in [0.1, 0.15) is 22.3 Å². The number of carbonyl (C=O) groups is 1. The van der Waals surface area contributed by atoms with E-state index in [-0.39, 0.29) is 5.91 Å². The zero-order valence-corrected chi connectivity index (χ0v) is 17.4. The number of fused-ring (bicyclic) bond motifs is 4. The molecule has 0 aliphatic carbocycles. The Morgan fingerprint density at radius 2 is 1.93 bits per heavy atom. The summed E-state index contributed by atoms with van der Waals surface area (Å²) in [5.74, 6) is 0.490. The number of aromatic nitrogens is 2. The predicted octanol–water partition coefficient (Wildman–Crippen LogP) is 4.34. The number of nitrogens with zero attached hydrogens (tertiary/aromatic N) is 4. The number of carbonyl (C=O) groups excluding carboxylic acids is 1. The molecule has 5 nitrogen and oxygen atoms in total. The fourth-order valence-electron chi connectivity index (χ4n) is 4.10. The highest BCUT2D eigenvalue weighted by atomic mass is 32.2. The second-order valence-electron chi connectivity index (χ2n) is 7.53. The first kappa shape index (κ1) is 18.7. The lowest BCUT2D eigenvalue weighted by Crippen LogP contribution is -2.37. The van der Waals surface area contributed by atoms with E-state index >= 15 is 0 Å². The molecular formula is C24H20N4OS. The third-order valence-corrected chi connectivity index (χ3v) is 6.67. The molecule has 0 N–H and O–H groups in total. The second-order valence-corrected chi connectivity index (χ2v) is 8.53. The molecule has 5 rings (SSSR count). The van der Waals surface area contributed by atoms with E-state index in [1.807, 2.05) is 52.6 Å². The molecule has 0 unspecified atom stereocenters. The zero-order valence-electron chi connectivity index (χ0n) is 16.6. The number of hydrogen-bond donors (Lipinski definition) is 0. The average molecular weight is 413 g/mol. The number of imidazole rings is 1. The number of nitriles is 1. The van der Waals surface area contributed by atoms with E-state index in [0.29, 0.717) is 23.5 Å². The summed E-state index contributed by atoms with van der Waals surface area (Å²) in [6, 6.07) is 20.5. The molecule has 0 spiro atoms. The van der Waals surface area contributed by atoms with E-state index < -0.39 is 0 Å². The first-order chi connectivity index (χ1) is 14.7. The van der Waals surface area contributed by atoms with Crippen LogP contribution < -0.4 is 0 Å². The van der Waals surface area contributed by atoms with Crippen molar-refractivity contribution in [2.45, 2.75) is 24.9 Å². The quantitative estimate of drug-likeness (QED) is 0.470. The van der Waals surface area contributed by atoms with Crippen molar-refractivity contribution in [1.82, 2.24) is 14.3 Å². The summed E-state index contributed by atoms with van der Waals surface area (Å²) >= 11 is 1.51. The molecule has 148 valence electrons. The molecule has 6 heteroatoms. The highest BCUT2D eigenvalue weighted by Crippen LogP contribution is 2.30. The van der Waals surface area contributed by atoms with E-state index in [1.165, 1.54) is 22.9 Å². The van der Waals surface area contributed by atoms with Crippen molar-refractivity contribution in [3.63, 3.8) is 0 Å². The van der Waals surface area contributed by atoms with Gasteiger partial charge in [0.05, 0.1) is 27.4 Å². The minimum Gasteiger partial charge on any atom is -0.337 e. The number of benzene rings is 2. The Labute approximate surface area is 178 Å². The van der Waals surface area contributed by atoms with E-state index in [0.717, 1.165) is 34.6 Å². The third-order valence-electron chi connectivity index (χ3n) is 5.68. The monoisotopic (exact) mass is 412 g/mol. The van der Waals surface area contributed by atoms with Crippen molar-refractivity contribution in [3.05, 3.63) is 76.9 Å². The van der Waals surface area contributed by atoms with Crippen LogP contribution in [0.25, 0.3) is 16.7 Å². The van der Waals surface area contributed by atoms with Gasteiger partial charge in [0.2, 0.25) is 5.91 Å². The van der Waals surface area contributed by atoms with Crippen molar-refractivity contribution in [2.24, 2.45) is 0 Å². The predicted molar refractivity (Wildman–Crippen MR) is 118 cm³/mol. The summed E-state index contributed by atoms with van der Waals surface area (Å²) in [5.41, 5.74) is 6.48. The Hall–Kier alpha value is -3.30. The van der Waals surface area contributed by atoms with Crippen LogP contribution in [0.4, 0.5) is 0 Å². The number of thioether (sulfide) groups is 1. The smallest absolute Gasteiger partial charge is 0.233 e. The van der Waals surface area contributed by atoms with E-state index in [1.54, 1.807) is 0 Å². The van der Waals surface area contributed by atoms with Crippen molar-refractivity contribution in [3.8, 4) is 6.07 Å². The molecular weight excluding hydrogens is 392 g/mol. The maximum absolute atomic E-state index is 13.0. The topological polar surface area (TPSA) is 61.4 Å². The Kier molecular flexibility index (Phi) is 4.68. The largest absolute Gasteiger partial charge is 0.337 e. The molecule has 0 fully saturated rings. The molecule has 2 aromatic carbocycles. The maximum Gasteiger partial charge on any atom is 0.233 e. The Morgan fingerprint density at radius 3 is 2.77 bits per heavy atom. The standard InChI is InChI=1S/C24H20N4OS/c1-16-12-23(28-21-9-5-4-8-20(21)26-24(28)19(16)13-25)30-15-22(29)27-11-10-17-6-2-3-7-18(17)14-27/h2-9,12H,10-11,14-15H2,1H3. The lowest BCUT2D eigenvalue weighted by Gasteiger charge is -2.28. The highest BCUT2D eigenvalue weighted by molar-refractivity contribution is 7.99. The van der Waals surface area contributed by atoms with Crippen molar-refractivity contribution >= 4 is 34.3 Å². The number of aryl methyl sites for hydroxylation is 1. The highest BCUT2D eigenvalue weighted by Gasteiger charge is 2.21. The molecule has 1 aliphatic heterocycles. The molecule has 2 aromatic heterocycles. The molecule has 0 saturated heterocycles. The summed E-state index contributed by atoms with van der Waals surface area (Å²) in [4.78, 5) is 19.6. The van der Waals surface area contributed by atoms with Crippen LogP contribution >= 0.6 is 11.8 Å². The van der Waals surface area contributed by atoms with Gasteiger partial charge in [-0.25, -0.2) is 4.98 Å². The molecule has 0 bridgehead atoms. The van der Waals surface area contributed by atoms with E-state index in [2.05, 4.69) is 29.3 Å². The number of amides is 1. The molecule has 0 saturated carbocycles. The lowest BCUT2D eigenvalue weighted by atomic mass is 10.00. The molecule has 30 heavy (non-hydrogen) atoms. The molecule has 4 aromatic rings. The number of para-hydroxylation sites is 2. The summed E-state index contributed by atoms with van der Waals surface area (Å²) in [7, 11) is 0. The first-order valence-electron chi connectivity index (χ1n) is 9.94. The van der Waals surface area contributed by atoms with Gasteiger partial charge in [0.25, 0.3) is 0 Å². The molecule has 3 heterocycles. The van der Waals surface area contributed by atoms with Gasteiger partial charge in [-0.15, -0.1) is 0 Å². The number of rotatable bonds is 3. The summed E-state index contributed by atoms with van der Waals surface area (Å²) < 4.78 is 2.00. The Bertz CT molecular complexity index is 1330. The van der Waals surface area contributed by atoms with Crippen LogP contribution in [-0.2, 0) is 17.8 Å². The van der Waals surface area contributed by atoms with Gasteiger partial charge in [-0.1, -0.05) is 48.2 Å². The van der Waals surface area contributed by atoms with Crippen LogP contribution in [0.3, 0.4) is 0 Å².